The molecule has 1 rings (SSSR count). The molecular weight excluding hydrogens is 374 g/mol. The topological polar surface area (TPSA) is 222 Å². The average Bonchev–Trinajstić information content (AvgIpc) is 3.12. The van der Waals surface area contributed by atoms with Crippen molar-refractivity contribution < 1.29 is 29.1 Å². The van der Waals surface area contributed by atoms with Crippen molar-refractivity contribution in [3.05, 3.63) is 18.2 Å². The molecule has 1 aromatic rings. The minimum absolute atomic E-state index is 0.0436. The maximum Gasteiger partial charge on any atom is 0.326 e. The Kier molecular flexibility index (Phi) is 8.55. The lowest BCUT2D eigenvalue weighted by atomic mass is 10.1. The summed E-state index contributed by atoms with van der Waals surface area (Å²) in [7, 11) is 0. The van der Waals surface area contributed by atoms with Crippen LogP contribution in [0.1, 0.15) is 19.0 Å². The fourth-order valence-corrected chi connectivity index (χ4v) is 2.16. The normalized spacial score (nSPS) is 13.6. The molecule has 0 aliphatic carbocycles. The number of H-pyrrole nitrogens is 1. The lowest BCUT2D eigenvalue weighted by Gasteiger charge is -2.22. The summed E-state index contributed by atoms with van der Waals surface area (Å²) in [6.07, 6.45) is 2.13. The van der Waals surface area contributed by atoms with Crippen LogP contribution in [-0.4, -0.2) is 69.3 Å². The largest absolute Gasteiger partial charge is 0.480 e. The molecule has 0 fully saturated rings. The molecule has 0 aliphatic heterocycles. The summed E-state index contributed by atoms with van der Waals surface area (Å²) >= 11 is 0. The maximum absolute atomic E-state index is 12.5. The fourth-order valence-electron chi connectivity index (χ4n) is 2.16. The molecule has 0 bridgehead atoms. The van der Waals surface area contributed by atoms with Crippen molar-refractivity contribution in [1.29, 1.82) is 0 Å². The van der Waals surface area contributed by atoms with Crippen LogP contribution in [0.15, 0.2) is 12.5 Å². The van der Waals surface area contributed by atoms with Gasteiger partial charge in [0.15, 0.2) is 0 Å². The second-order valence-corrected chi connectivity index (χ2v) is 5.91. The van der Waals surface area contributed by atoms with Crippen LogP contribution in [0.5, 0.6) is 0 Å². The predicted octanol–water partition coefficient (Wildman–Crippen LogP) is -3.65. The van der Waals surface area contributed by atoms with E-state index in [0.717, 1.165) is 0 Å². The first kappa shape index (κ1) is 22.6. The van der Waals surface area contributed by atoms with Gasteiger partial charge in [-0.25, -0.2) is 9.78 Å². The number of primary amides is 1. The van der Waals surface area contributed by atoms with Gasteiger partial charge >= 0.3 is 5.97 Å². The number of aromatic amines is 1. The SMILES string of the molecule is CC(NC(=O)CN)C(=O)NC(Cc1cnc[nH]1)C(=O)NC(CC(N)=O)C(=O)O. The van der Waals surface area contributed by atoms with Crippen LogP contribution in [0, 0.1) is 0 Å². The Morgan fingerprint density at radius 1 is 1.14 bits per heavy atom. The minimum Gasteiger partial charge on any atom is -0.480 e. The molecule has 0 radical (unpaired) electrons. The van der Waals surface area contributed by atoms with E-state index in [0.29, 0.717) is 5.69 Å². The number of hydrogen-bond acceptors (Lipinski definition) is 7. The molecule has 1 heterocycles. The highest BCUT2D eigenvalue weighted by Crippen LogP contribution is 2.02. The number of amides is 4. The fraction of sp³-hybridized carbons (Fsp3) is 0.467. The van der Waals surface area contributed by atoms with Gasteiger partial charge in [0.2, 0.25) is 23.6 Å². The zero-order valence-corrected chi connectivity index (χ0v) is 15.1. The number of carbonyl (C=O) groups is 5. The molecule has 0 aromatic carbocycles. The number of aliphatic carboxylic acids is 1. The number of carbonyl (C=O) groups excluding carboxylic acids is 4. The van der Waals surface area contributed by atoms with Crippen molar-refractivity contribution in [2.75, 3.05) is 6.54 Å². The molecule has 4 amide bonds. The summed E-state index contributed by atoms with van der Waals surface area (Å²) in [6, 6.07) is -3.76. The number of imidazole rings is 1. The van der Waals surface area contributed by atoms with E-state index in [-0.39, 0.29) is 13.0 Å². The van der Waals surface area contributed by atoms with Crippen LogP contribution in [-0.2, 0) is 30.4 Å². The lowest BCUT2D eigenvalue weighted by molar-refractivity contribution is -0.143. The number of aromatic nitrogens is 2. The van der Waals surface area contributed by atoms with Gasteiger partial charge in [-0.15, -0.1) is 0 Å². The molecule has 13 heteroatoms. The van der Waals surface area contributed by atoms with Gasteiger partial charge in [0.05, 0.1) is 19.3 Å². The quantitative estimate of drug-likeness (QED) is 0.197. The molecule has 13 nitrogen and oxygen atoms in total. The highest BCUT2D eigenvalue weighted by atomic mass is 16.4. The Labute approximate surface area is 159 Å². The van der Waals surface area contributed by atoms with Gasteiger partial charge in [0, 0.05) is 18.3 Å². The average molecular weight is 397 g/mol. The number of nitrogens with two attached hydrogens (primary N) is 2. The molecule has 1 aromatic heterocycles. The summed E-state index contributed by atoms with van der Waals surface area (Å²) in [5.41, 5.74) is 10.6. The van der Waals surface area contributed by atoms with Crippen molar-refractivity contribution in [1.82, 2.24) is 25.9 Å². The summed E-state index contributed by atoms with van der Waals surface area (Å²) in [5, 5.41) is 16.0. The Morgan fingerprint density at radius 3 is 2.29 bits per heavy atom. The van der Waals surface area contributed by atoms with Crippen molar-refractivity contribution in [3.63, 3.8) is 0 Å². The molecule has 9 N–H and O–H groups in total. The first-order valence-electron chi connectivity index (χ1n) is 8.22. The second-order valence-electron chi connectivity index (χ2n) is 5.91. The van der Waals surface area contributed by atoms with Crippen molar-refractivity contribution in [3.8, 4) is 0 Å². The Bertz CT molecular complexity index is 720. The van der Waals surface area contributed by atoms with Gasteiger partial charge in [-0.2, -0.15) is 0 Å². The van der Waals surface area contributed by atoms with Crippen LogP contribution >= 0.6 is 0 Å². The van der Waals surface area contributed by atoms with E-state index in [4.69, 9.17) is 16.6 Å². The molecule has 154 valence electrons. The van der Waals surface area contributed by atoms with E-state index < -0.39 is 54.1 Å². The highest BCUT2D eigenvalue weighted by molar-refractivity contribution is 5.94. The van der Waals surface area contributed by atoms with Crippen LogP contribution in [0.25, 0.3) is 0 Å². The van der Waals surface area contributed by atoms with Crippen molar-refractivity contribution in [2.45, 2.75) is 37.9 Å². The van der Waals surface area contributed by atoms with Gasteiger partial charge in [-0.3, -0.25) is 19.2 Å². The number of carboxylic acid groups (broad SMARTS) is 1. The smallest absolute Gasteiger partial charge is 0.326 e. The van der Waals surface area contributed by atoms with E-state index in [9.17, 15) is 24.0 Å². The molecule has 0 saturated carbocycles. The number of carboxylic acids is 1. The molecule has 3 unspecified atom stereocenters. The summed E-state index contributed by atoms with van der Waals surface area (Å²) in [6.45, 7) is 1.07. The van der Waals surface area contributed by atoms with Gasteiger partial charge in [0.1, 0.15) is 18.1 Å². The van der Waals surface area contributed by atoms with Crippen molar-refractivity contribution >= 4 is 29.6 Å². The van der Waals surface area contributed by atoms with Gasteiger partial charge < -0.3 is 37.5 Å². The standard InChI is InChI=1S/C15H23N7O6/c1-7(20-12(24)4-16)13(25)21-9(2-8-5-18-6-19-8)14(26)22-10(15(27)28)3-11(17)23/h5-7,9-10H,2-4,16H2,1H3,(H2,17,23)(H,18,19)(H,20,24)(H,21,25)(H,22,26)(H,27,28). The van der Waals surface area contributed by atoms with Crippen LogP contribution in [0.3, 0.4) is 0 Å². The monoisotopic (exact) mass is 397 g/mol. The Balaban J connectivity index is 2.90. The summed E-state index contributed by atoms with van der Waals surface area (Å²) < 4.78 is 0. The molecule has 0 spiro atoms. The molecular formula is C15H23N7O6. The van der Waals surface area contributed by atoms with E-state index in [1.807, 2.05) is 0 Å². The Morgan fingerprint density at radius 2 is 1.79 bits per heavy atom. The first-order chi connectivity index (χ1) is 13.1. The van der Waals surface area contributed by atoms with E-state index in [1.54, 1.807) is 0 Å². The van der Waals surface area contributed by atoms with Gasteiger partial charge in [-0.05, 0) is 6.92 Å². The third-order valence-corrected chi connectivity index (χ3v) is 3.59. The lowest BCUT2D eigenvalue weighted by Crippen LogP contribution is -2.56. The van der Waals surface area contributed by atoms with Crippen LogP contribution in [0.4, 0.5) is 0 Å². The molecule has 28 heavy (non-hydrogen) atoms. The van der Waals surface area contributed by atoms with Gasteiger partial charge in [-0.1, -0.05) is 0 Å². The number of hydrogen-bond donors (Lipinski definition) is 7. The van der Waals surface area contributed by atoms with Gasteiger partial charge in [0.25, 0.3) is 0 Å². The zero-order valence-electron chi connectivity index (χ0n) is 15.1. The highest BCUT2D eigenvalue weighted by Gasteiger charge is 2.29. The summed E-state index contributed by atoms with van der Waals surface area (Å²) in [5.74, 6) is -4.48. The number of nitrogens with zero attached hydrogens (tertiary/aromatic N) is 1. The minimum atomic E-state index is -1.56. The van der Waals surface area contributed by atoms with Crippen LogP contribution in [0.2, 0.25) is 0 Å². The Hall–Kier alpha value is -3.48. The first-order valence-corrected chi connectivity index (χ1v) is 8.22. The van der Waals surface area contributed by atoms with E-state index >= 15 is 0 Å². The molecule has 0 aliphatic rings. The number of rotatable bonds is 11. The molecule has 3 atom stereocenters. The van der Waals surface area contributed by atoms with Crippen molar-refractivity contribution in [2.24, 2.45) is 11.5 Å². The predicted molar refractivity (Wildman–Crippen MR) is 94.3 cm³/mol. The third kappa shape index (κ3) is 7.41. The van der Waals surface area contributed by atoms with E-state index in [2.05, 4.69) is 25.9 Å². The summed E-state index contributed by atoms with van der Waals surface area (Å²) in [4.78, 5) is 64.9. The molecule has 0 saturated heterocycles. The maximum atomic E-state index is 12.5. The van der Waals surface area contributed by atoms with Crippen LogP contribution < -0.4 is 27.4 Å². The van der Waals surface area contributed by atoms with E-state index in [1.165, 1.54) is 19.4 Å². The third-order valence-electron chi connectivity index (χ3n) is 3.59. The second kappa shape index (κ2) is 10.6. The number of nitrogens with one attached hydrogen (secondary N) is 4. The zero-order chi connectivity index (χ0) is 21.3.